The molecule has 2 heterocycles. The van der Waals surface area contributed by atoms with E-state index < -0.39 is 0 Å². The van der Waals surface area contributed by atoms with Crippen molar-refractivity contribution in [3.05, 3.63) is 24.1 Å². The first-order valence-electron chi connectivity index (χ1n) is 5.92. The Morgan fingerprint density at radius 1 is 1.47 bits per heavy atom. The van der Waals surface area contributed by atoms with E-state index in [2.05, 4.69) is 17.2 Å². The second kappa shape index (κ2) is 3.74. The summed E-state index contributed by atoms with van der Waals surface area (Å²) in [6.07, 6.45) is 2.22. The number of benzene rings is 1. The average molecular weight is 232 g/mol. The number of hydrogen-bond acceptors (Lipinski definition) is 4. The van der Waals surface area contributed by atoms with Crippen molar-refractivity contribution in [1.29, 1.82) is 0 Å². The molecule has 2 aromatic rings. The molecule has 0 amide bonds. The van der Waals surface area contributed by atoms with Crippen LogP contribution >= 0.6 is 0 Å². The van der Waals surface area contributed by atoms with Gasteiger partial charge in [-0.2, -0.15) is 0 Å². The summed E-state index contributed by atoms with van der Waals surface area (Å²) in [7, 11) is 1.65. The fourth-order valence-electron chi connectivity index (χ4n) is 2.40. The highest BCUT2D eigenvalue weighted by molar-refractivity contribution is 5.79. The van der Waals surface area contributed by atoms with Gasteiger partial charge in [0.05, 0.1) is 12.6 Å². The Labute approximate surface area is 100.0 Å². The van der Waals surface area contributed by atoms with Crippen molar-refractivity contribution >= 4 is 11.1 Å². The van der Waals surface area contributed by atoms with Crippen molar-refractivity contribution in [2.45, 2.75) is 25.3 Å². The van der Waals surface area contributed by atoms with Gasteiger partial charge in [0.25, 0.3) is 0 Å². The third kappa shape index (κ3) is 1.60. The van der Waals surface area contributed by atoms with Crippen molar-refractivity contribution < 1.29 is 9.15 Å². The van der Waals surface area contributed by atoms with Crippen molar-refractivity contribution in [3.8, 4) is 5.75 Å². The Kier molecular flexibility index (Phi) is 2.33. The number of aromatic nitrogens is 1. The Morgan fingerprint density at radius 2 is 2.35 bits per heavy atom. The molecule has 4 heteroatoms. The number of para-hydroxylation sites is 1. The molecular formula is C13H16N2O2. The highest BCUT2D eigenvalue weighted by Crippen LogP contribution is 2.34. The molecule has 1 aliphatic heterocycles. The molecule has 1 N–H and O–H groups in total. The largest absolute Gasteiger partial charge is 0.494 e. The number of ether oxygens (including phenoxy) is 1. The van der Waals surface area contributed by atoms with Gasteiger partial charge >= 0.3 is 0 Å². The van der Waals surface area contributed by atoms with Crippen LogP contribution in [0.3, 0.4) is 0 Å². The van der Waals surface area contributed by atoms with E-state index in [1.807, 2.05) is 18.2 Å². The molecule has 3 rings (SSSR count). The standard InChI is InChI=1S/C13H16N2O2/c1-13(7-4-8-14-13)12-15-11-9(16-2)5-3-6-10(11)17-12/h3,5-6,14H,4,7-8H2,1-2H3. The molecule has 0 spiro atoms. The van der Waals surface area contributed by atoms with Crippen LogP contribution in [0.15, 0.2) is 22.6 Å². The Balaban J connectivity index is 2.13. The zero-order valence-corrected chi connectivity index (χ0v) is 10.1. The van der Waals surface area contributed by atoms with E-state index in [9.17, 15) is 0 Å². The molecule has 1 fully saturated rings. The predicted molar refractivity (Wildman–Crippen MR) is 65.1 cm³/mol. The number of nitrogens with zero attached hydrogens (tertiary/aromatic N) is 1. The summed E-state index contributed by atoms with van der Waals surface area (Å²) in [5.74, 6) is 1.52. The van der Waals surface area contributed by atoms with Gasteiger partial charge < -0.3 is 14.5 Å². The van der Waals surface area contributed by atoms with Crippen molar-refractivity contribution in [1.82, 2.24) is 10.3 Å². The van der Waals surface area contributed by atoms with Crippen LogP contribution in [-0.4, -0.2) is 18.6 Å². The van der Waals surface area contributed by atoms with Gasteiger partial charge in [-0.05, 0) is 38.4 Å². The van der Waals surface area contributed by atoms with E-state index >= 15 is 0 Å². The minimum absolute atomic E-state index is 0.135. The molecule has 0 bridgehead atoms. The van der Waals surface area contributed by atoms with Gasteiger partial charge in [0.15, 0.2) is 11.1 Å². The van der Waals surface area contributed by atoms with E-state index in [-0.39, 0.29) is 5.54 Å². The minimum Gasteiger partial charge on any atom is -0.494 e. The second-order valence-corrected chi connectivity index (χ2v) is 4.69. The molecule has 1 unspecified atom stereocenters. The first kappa shape index (κ1) is 10.6. The van der Waals surface area contributed by atoms with Crippen LogP contribution in [0.5, 0.6) is 5.75 Å². The van der Waals surface area contributed by atoms with Gasteiger partial charge in [-0.1, -0.05) is 6.07 Å². The summed E-state index contributed by atoms with van der Waals surface area (Å²) >= 11 is 0. The van der Waals surface area contributed by atoms with Gasteiger partial charge in [-0.3, -0.25) is 0 Å². The van der Waals surface area contributed by atoms with Crippen LogP contribution < -0.4 is 10.1 Å². The number of hydrogen-bond donors (Lipinski definition) is 1. The zero-order valence-electron chi connectivity index (χ0n) is 10.1. The third-order valence-corrected chi connectivity index (χ3v) is 3.44. The summed E-state index contributed by atoms with van der Waals surface area (Å²) in [5, 5.41) is 3.45. The van der Waals surface area contributed by atoms with E-state index in [1.54, 1.807) is 7.11 Å². The van der Waals surface area contributed by atoms with Gasteiger partial charge in [0.1, 0.15) is 5.75 Å². The quantitative estimate of drug-likeness (QED) is 0.863. The Bertz CT molecular complexity index is 541. The van der Waals surface area contributed by atoms with E-state index in [1.165, 1.54) is 0 Å². The Hall–Kier alpha value is -1.55. The van der Waals surface area contributed by atoms with E-state index in [4.69, 9.17) is 9.15 Å². The molecule has 1 aromatic heterocycles. The maximum atomic E-state index is 5.84. The molecule has 1 aromatic carbocycles. The van der Waals surface area contributed by atoms with Crippen LogP contribution in [0, 0.1) is 0 Å². The molecule has 1 atom stereocenters. The highest BCUT2D eigenvalue weighted by atomic mass is 16.5. The van der Waals surface area contributed by atoms with Gasteiger partial charge in [-0.15, -0.1) is 0 Å². The summed E-state index contributed by atoms with van der Waals surface area (Å²) in [6.45, 7) is 3.16. The number of nitrogens with one attached hydrogen (secondary N) is 1. The van der Waals surface area contributed by atoms with Crippen LogP contribution in [0.2, 0.25) is 0 Å². The number of oxazole rings is 1. The smallest absolute Gasteiger partial charge is 0.215 e. The molecule has 4 nitrogen and oxygen atoms in total. The summed E-state index contributed by atoms with van der Waals surface area (Å²) in [4.78, 5) is 4.58. The SMILES string of the molecule is COc1cccc2oc(C3(C)CCCN3)nc12. The molecule has 90 valence electrons. The van der Waals surface area contributed by atoms with Crippen molar-refractivity contribution in [3.63, 3.8) is 0 Å². The number of rotatable bonds is 2. The lowest BCUT2D eigenvalue weighted by atomic mass is 10.0. The van der Waals surface area contributed by atoms with Gasteiger partial charge in [0.2, 0.25) is 5.89 Å². The maximum absolute atomic E-state index is 5.84. The van der Waals surface area contributed by atoms with Crippen molar-refractivity contribution in [2.24, 2.45) is 0 Å². The first-order valence-corrected chi connectivity index (χ1v) is 5.92. The summed E-state index contributed by atoms with van der Waals surface area (Å²) < 4.78 is 11.1. The number of methoxy groups -OCH3 is 1. The molecule has 0 radical (unpaired) electrons. The molecule has 1 saturated heterocycles. The van der Waals surface area contributed by atoms with Crippen LogP contribution in [0.1, 0.15) is 25.7 Å². The van der Waals surface area contributed by atoms with Gasteiger partial charge in [-0.25, -0.2) is 4.98 Å². The topological polar surface area (TPSA) is 47.3 Å². The lowest BCUT2D eigenvalue weighted by molar-refractivity contribution is 0.330. The zero-order chi connectivity index (χ0) is 11.9. The monoisotopic (exact) mass is 232 g/mol. The maximum Gasteiger partial charge on any atom is 0.215 e. The van der Waals surface area contributed by atoms with Crippen LogP contribution in [0.25, 0.3) is 11.1 Å². The molecule has 1 aliphatic rings. The number of fused-ring (bicyclic) bond motifs is 1. The van der Waals surface area contributed by atoms with Gasteiger partial charge in [0, 0.05) is 0 Å². The fourth-order valence-corrected chi connectivity index (χ4v) is 2.40. The average Bonchev–Trinajstić information content (AvgIpc) is 2.95. The molecule has 0 saturated carbocycles. The molecule has 17 heavy (non-hydrogen) atoms. The predicted octanol–water partition coefficient (Wildman–Crippen LogP) is 2.43. The lowest BCUT2D eigenvalue weighted by Gasteiger charge is -2.19. The highest BCUT2D eigenvalue weighted by Gasteiger charge is 2.35. The minimum atomic E-state index is -0.135. The molecule has 0 aliphatic carbocycles. The van der Waals surface area contributed by atoms with E-state index in [0.29, 0.717) is 0 Å². The third-order valence-electron chi connectivity index (χ3n) is 3.44. The lowest BCUT2D eigenvalue weighted by Crippen LogP contribution is -2.33. The van der Waals surface area contributed by atoms with Crippen LogP contribution in [-0.2, 0) is 5.54 Å². The summed E-state index contributed by atoms with van der Waals surface area (Å²) in [5.41, 5.74) is 1.46. The Morgan fingerprint density at radius 3 is 3.06 bits per heavy atom. The fraction of sp³-hybridized carbons (Fsp3) is 0.462. The first-order chi connectivity index (χ1) is 8.23. The molecular weight excluding hydrogens is 216 g/mol. The van der Waals surface area contributed by atoms with Crippen LogP contribution in [0.4, 0.5) is 0 Å². The van der Waals surface area contributed by atoms with E-state index in [0.717, 1.165) is 42.1 Å². The van der Waals surface area contributed by atoms with Crippen molar-refractivity contribution in [2.75, 3.05) is 13.7 Å². The second-order valence-electron chi connectivity index (χ2n) is 4.69. The summed E-state index contributed by atoms with van der Waals surface area (Å²) in [6, 6.07) is 5.74. The normalized spacial score (nSPS) is 24.4.